The Balaban J connectivity index is 1.99. The van der Waals surface area contributed by atoms with Crippen molar-refractivity contribution in [2.45, 2.75) is 20.3 Å². The van der Waals surface area contributed by atoms with Crippen LogP contribution < -0.4 is 11.1 Å². The van der Waals surface area contributed by atoms with Crippen molar-refractivity contribution in [3.8, 4) is 5.69 Å². The van der Waals surface area contributed by atoms with Crippen LogP contribution in [0.1, 0.15) is 41.0 Å². The minimum Gasteiger partial charge on any atom is -0.384 e. The van der Waals surface area contributed by atoms with Crippen LogP contribution in [0.15, 0.2) is 48.5 Å². The number of para-hydroxylation sites is 2. The van der Waals surface area contributed by atoms with Crippen molar-refractivity contribution in [2.75, 3.05) is 12.3 Å². The molecule has 0 radical (unpaired) electrons. The summed E-state index contributed by atoms with van der Waals surface area (Å²) in [5.74, 6) is -0.0372. The highest BCUT2D eigenvalue weighted by molar-refractivity contribution is 6.11. The van der Waals surface area contributed by atoms with Crippen LogP contribution in [-0.2, 0) is 0 Å². The van der Waals surface area contributed by atoms with Crippen LogP contribution in [-0.4, -0.2) is 32.8 Å². The van der Waals surface area contributed by atoms with Gasteiger partial charge in [-0.05, 0) is 49.7 Å². The van der Waals surface area contributed by atoms with Gasteiger partial charge in [0.2, 0.25) is 0 Å². The number of Topliss-reactive ketones (excluding diaryl/α,β-unsaturated/α-hetero) is 1. The van der Waals surface area contributed by atoms with Crippen LogP contribution in [0.4, 0.5) is 5.82 Å². The van der Waals surface area contributed by atoms with E-state index in [0.717, 1.165) is 6.42 Å². The first kappa shape index (κ1) is 18.6. The molecule has 4 rings (SSSR count). The lowest BCUT2D eigenvalue weighted by Gasteiger charge is -2.09. The summed E-state index contributed by atoms with van der Waals surface area (Å²) in [5, 5.41) is 2.87. The molecule has 0 aliphatic carbocycles. The molecule has 7 nitrogen and oxygen atoms in total. The lowest BCUT2D eigenvalue weighted by atomic mass is 10.1. The molecule has 0 unspecified atom stereocenters. The van der Waals surface area contributed by atoms with Gasteiger partial charge < -0.3 is 11.1 Å². The molecule has 1 amide bonds. The minimum absolute atomic E-state index is 0.0210. The minimum atomic E-state index is -0.280. The molecule has 0 bridgehead atoms. The van der Waals surface area contributed by atoms with Gasteiger partial charge in [-0.25, -0.2) is 9.97 Å². The van der Waals surface area contributed by atoms with Crippen molar-refractivity contribution in [1.29, 1.82) is 0 Å². The standard InChI is InChI=1S/C22H21N5O2/c1-3-12-24-22(29)18-19-21(26-17-7-5-4-6-16(17)25-19)27(20(18)23)15-10-8-14(9-11-15)13(2)28/h4-11H,3,12,23H2,1-2H3,(H,24,29). The highest BCUT2D eigenvalue weighted by Gasteiger charge is 2.24. The number of fused-ring (bicyclic) bond motifs is 2. The molecular weight excluding hydrogens is 366 g/mol. The van der Waals surface area contributed by atoms with Crippen molar-refractivity contribution in [3.05, 3.63) is 59.7 Å². The van der Waals surface area contributed by atoms with Crippen molar-refractivity contribution in [3.63, 3.8) is 0 Å². The topological polar surface area (TPSA) is 103 Å². The normalized spacial score (nSPS) is 11.1. The molecule has 2 aromatic carbocycles. The Morgan fingerprint density at radius 1 is 1.03 bits per heavy atom. The molecule has 2 heterocycles. The highest BCUT2D eigenvalue weighted by Crippen LogP contribution is 2.31. The summed E-state index contributed by atoms with van der Waals surface area (Å²) in [7, 11) is 0. The van der Waals surface area contributed by atoms with E-state index in [4.69, 9.17) is 10.7 Å². The van der Waals surface area contributed by atoms with Gasteiger partial charge in [-0.15, -0.1) is 0 Å². The number of rotatable bonds is 5. The summed E-state index contributed by atoms with van der Waals surface area (Å²) in [4.78, 5) is 33.9. The number of benzene rings is 2. The average molecular weight is 387 g/mol. The number of nitrogens with one attached hydrogen (secondary N) is 1. The smallest absolute Gasteiger partial charge is 0.257 e. The molecule has 7 heteroatoms. The van der Waals surface area contributed by atoms with Crippen LogP contribution in [0, 0.1) is 0 Å². The van der Waals surface area contributed by atoms with E-state index in [1.807, 2.05) is 31.2 Å². The van der Waals surface area contributed by atoms with E-state index < -0.39 is 0 Å². The van der Waals surface area contributed by atoms with Crippen LogP contribution >= 0.6 is 0 Å². The molecular formula is C22H21N5O2. The van der Waals surface area contributed by atoms with Crippen LogP contribution in [0.3, 0.4) is 0 Å². The molecule has 29 heavy (non-hydrogen) atoms. The van der Waals surface area contributed by atoms with E-state index in [-0.39, 0.29) is 17.5 Å². The van der Waals surface area contributed by atoms with Crippen LogP contribution in [0.2, 0.25) is 0 Å². The molecule has 0 atom stereocenters. The number of hydrogen-bond acceptors (Lipinski definition) is 5. The molecule has 2 aromatic heterocycles. The number of nitrogens with zero attached hydrogens (tertiary/aromatic N) is 3. The Labute approximate surface area is 167 Å². The fourth-order valence-electron chi connectivity index (χ4n) is 3.32. The van der Waals surface area contributed by atoms with E-state index in [2.05, 4.69) is 10.3 Å². The maximum atomic E-state index is 12.8. The van der Waals surface area contributed by atoms with Crippen LogP contribution in [0.25, 0.3) is 27.9 Å². The molecule has 0 aliphatic heterocycles. The van der Waals surface area contributed by atoms with Gasteiger partial charge in [0.05, 0.1) is 11.0 Å². The van der Waals surface area contributed by atoms with Gasteiger partial charge in [0.25, 0.3) is 5.91 Å². The summed E-state index contributed by atoms with van der Waals surface area (Å²) < 4.78 is 1.71. The Morgan fingerprint density at radius 2 is 1.69 bits per heavy atom. The number of hydrogen-bond donors (Lipinski definition) is 2. The Kier molecular flexibility index (Phi) is 4.72. The zero-order valence-electron chi connectivity index (χ0n) is 16.3. The molecule has 4 aromatic rings. The first-order chi connectivity index (χ1) is 14.0. The van der Waals surface area contributed by atoms with Crippen molar-refractivity contribution in [1.82, 2.24) is 19.9 Å². The number of carbonyl (C=O) groups is 2. The lowest BCUT2D eigenvalue weighted by Crippen LogP contribution is -2.25. The van der Waals surface area contributed by atoms with E-state index in [1.54, 1.807) is 28.8 Å². The molecule has 0 fully saturated rings. The maximum Gasteiger partial charge on any atom is 0.257 e. The fourth-order valence-corrected chi connectivity index (χ4v) is 3.32. The summed E-state index contributed by atoms with van der Waals surface area (Å²) >= 11 is 0. The quantitative estimate of drug-likeness (QED) is 0.510. The number of nitrogens with two attached hydrogens (primary N) is 1. The first-order valence-corrected chi connectivity index (χ1v) is 9.47. The summed E-state index contributed by atoms with van der Waals surface area (Å²) in [6.07, 6.45) is 0.811. The van der Waals surface area contributed by atoms with Gasteiger partial charge >= 0.3 is 0 Å². The zero-order valence-corrected chi connectivity index (χ0v) is 16.3. The molecule has 3 N–H and O–H groups in total. The number of carbonyl (C=O) groups excluding carboxylic acids is 2. The third-order valence-electron chi connectivity index (χ3n) is 4.79. The zero-order chi connectivity index (χ0) is 20.5. The van der Waals surface area contributed by atoms with Crippen molar-refractivity contribution in [2.24, 2.45) is 0 Å². The second-order valence-electron chi connectivity index (χ2n) is 6.84. The first-order valence-electron chi connectivity index (χ1n) is 9.47. The maximum absolute atomic E-state index is 12.8. The van der Waals surface area contributed by atoms with E-state index in [9.17, 15) is 9.59 Å². The van der Waals surface area contributed by atoms with Gasteiger partial charge in [0.1, 0.15) is 16.9 Å². The number of amides is 1. The SMILES string of the molecule is CCCNC(=O)c1c(N)n(-c2ccc(C(C)=O)cc2)c2nc3ccccc3nc12. The monoisotopic (exact) mass is 387 g/mol. The average Bonchev–Trinajstić information content (AvgIpc) is 3.01. The van der Waals surface area contributed by atoms with Gasteiger partial charge in [0.15, 0.2) is 11.4 Å². The third-order valence-corrected chi connectivity index (χ3v) is 4.79. The second kappa shape index (κ2) is 7.35. The number of ketones is 1. The van der Waals surface area contributed by atoms with Gasteiger partial charge in [-0.3, -0.25) is 14.2 Å². The predicted molar refractivity (Wildman–Crippen MR) is 113 cm³/mol. The van der Waals surface area contributed by atoms with Gasteiger partial charge in [0, 0.05) is 17.8 Å². The van der Waals surface area contributed by atoms with E-state index >= 15 is 0 Å². The Bertz CT molecular complexity index is 1240. The Hall–Kier alpha value is -3.74. The van der Waals surface area contributed by atoms with E-state index in [1.165, 1.54) is 6.92 Å². The highest BCUT2D eigenvalue weighted by atomic mass is 16.1. The Morgan fingerprint density at radius 3 is 2.31 bits per heavy atom. The van der Waals surface area contributed by atoms with Crippen LogP contribution in [0.5, 0.6) is 0 Å². The van der Waals surface area contributed by atoms with E-state index in [0.29, 0.717) is 45.6 Å². The molecule has 146 valence electrons. The van der Waals surface area contributed by atoms with Gasteiger partial charge in [-0.1, -0.05) is 19.1 Å². The third kappa shape index (κ3) is 3.20. The largest absolute Gasteiger partial charge is 0.384 e. The fraction of sp³-hybridized carbons (Fsp3) is 0.182. The molecule has 0 saturated heterocycles. The molecule has 0 saturated carbocycles. The van der Waals surface area contributed by atoms with Gasteiger partial charge in [-0.2, -0.15) is 0 Å². The van der Waals surface area contributed by atoms with Crippen molar-refractivity contribution < 1.29 is 9.59 Å². The molecule has 0 spiro atoms. The summed E-state index contributed by atoms with van der Waals surface area (Å²) in [6, 6.07) is 14.5. The second-order valence-corrected chi connectivity index (χ2v) is 6.84. The summed E-state index contributed by atoms with van der Waals surface area (Å²) in [6.45, 7) is 4.04. The predicted octanol–water partition coefficient (Wildman–Crippen LogP) is 3.50. The lowest BCUT2D eigenvalue weighted by molar-refractivity contribution is 0.0955. The number of anilines is 1. The number of aromatic nitrogens is 3. The molecule has 0 aliphatic rings. The number of nitrogen functional groups attached to an aromatic ring is 1. The summed E-state index contributed by atoms with van der Waals surface area (Å²) in [5.41, 5.74) is 10.4. The van der Waals surface area contributed by atoms with Crippen molar-refractivity contribution >= 4 is 39.7 Å².